The van der Waals surface area contributed by atoms with Gasteiger partial charge in [-0.05, 0) is 56.4 Å². The fraction of sp³-hybridized carbons (Fsp3) is 0.333. The molecule has 0 amide bonds. The van der Waals surface area contributed by atoms with E-state index in [-0.39, 0.29) is 24.1 Å². The Labute approximate surface area is 211 Å². The number of aromatic carboxylic acids is 1. The van der Waals surface area contributed by atoms with E-state index in [9.17, 15) is 23.1 Å². The van der Waals surface area contributed by atoms with E-state index in [1.165, 1.54) is 12.1 Å². The smallest absolute Gasteiger partial charge is 0.416 e. The van der Waals surface area contributed by atoms with Crippen LogP contribution in [0.1, 0.15) is 53.5 Å². The second-order valence-electron chi connectivity index (χ2n) is 9.58. The number of nitrogens with one attached hydrogen (secondary N) is 1. The van der Waals surface area contributed by atoms with Crippen molar-refractivity contribution in [3.63, 3.8) is 0 Å². The van der Waals surface area contributed by atoms with Gasteiger partial charge < -0.3 is 15.0 Å². The number of alkyl halides is 3. The lowest BCUT2D eigenvalue weighted by Gasteiger charge is -2.32. The Balaban J connectivity index is 1.68. The van der Waals surface area contributed by atoms with Gasteiger partial charge in [0, 0.05) is 18.2 Å². The third-order valence-corrected chi connectivity index (χ3v) is 6.91. The molecule has 5 rings (SSSR count). The van der Waals surface area contributed by atoms with E-state index in [0.717, 1.165) is 42.5 Å². The van der Waals surface area contributed by atoms with Crippen molar-refractivity contribution in [1.82, 2.24) is 19.5 Å². The SMILES string of the molecule is Cc1cccc(-c2nc3nc(C(=O)O)nc(NC(C)C4CCC4)c3n2Cc2ccc(C(F)(F)F)cc2)c1. The molecule has 4 aromatic rings. The first-order chi connectivity index (χ1) is 17.6. The molecule has 0 bridgehead atoms. The number of imidazole rings is 1. The van der Waals surface area contributed by atoms with Crippen LogP contribution in [0.15, 0.2) is 48.5 Å². The fourth-order valence-electron chi connectivity index (χ4n) is 4.65. The summed E-state index contributed by atoms with van der Waals surface area (Å²) >= 11 is 0. The predicted octanol–water partition coefficient (Wildman–Crippen LogP) is 6.17. The topological polar surface area (TPSA) is 92.9 Å². The molecule has 1 aliphatic carbocycles. The molecule has 1 unspecified atom stereocenters. The van der Waals surface area contributed by atoms with Crippen LogP contribution in [0.4, 0.5) is 19.0 Å². The molecule has 2 N–H and O–H groups in total. The minimum atomic E-state index is -4.43. The summed E-state index contributed by atoms with van der Waals surface area (Å²) in [5.41, 5.74) is 2.39. The molecule has 0 spiro atoms. The normalized spacial score (nSPS) is 14.9. The van der Waals surface area contributed by atoms with Crippen molar-refractivity contribution in [2.75, 3.05) is 5.32 Å². The van der Waals surface area contributed by atoms with Crippen LogP contribution in [0, 0.1) is 12.8 Å². The molecule has 10 heteroatoms. The quantitative estimate of drug-likeness (QED) is 0.310. The lowest BCUT2D eigenvalue weighted by Crippen LogP contribution is -2.31. The molecular formula is C27H26F3N5O2. The van der Waals surface area contributed by atoms with E-state index in [2.05, 4.69) is 15.3 Å². The maximum Gasteiger partial charge on any atom is 0.416 e. The second-order valence-corrected chi connectivity index (χ2v) is 9.58. The highest BCUT2D eigenvalue weighted by Gasteiger charge is 2.30. The minimum absolute atomic E-state index is 0.0466. The summed E-state index contributed by atoms with van der Waals surface area (Å²) in [4.78, 5) is 25.0. The molecular weight excluding hydrogens is 483 g/mol. The van der Waals surface area contributed by atoms with Gasteiger partial charge >= 0.3 is 12.1 Å². The summed E-state index contributed by atoms with van der Waals surface area (Å²) in [5, 5.41) is 13.0. The van der Waals surface area contributed by atoms with Gasteiger partial charge in [0.05, 0.1) is 5.56 Å². The maximum atomic E-state index is 13.1. The molecule has 2 aromatic carbocycles. The van der Waals surface area contributed by atoms with Gasteiger partial charge in [-0.1, -0.05) is 42.3 Å². The van der Waals surface area contributed by atoms with Crippen LogP contribution in [-0.2, 0) is 12.7 Å². The summed E-state index contributed by atoms with van der Waals surface area (Å²) < 4.78 is 41.2. The Morgan fingerprint density at radius 3 is 2.46 bits per heavy atom. The van der Waals surface area contributed by atoms with Crippen molar-refractivity contribution in [2.24, 2.45) is 5.92 Å². The van der Waals surface area contributed by atoms with Gasteiger partial charge in [-0.2, -0.15) is 13.2 Å². The summed E-state index contributed by atoms with van der Waals surface area (Å²) in [6.07, 6.45) is -1.12. The first-order valence-corrected chi connectivity index (χ1v) is 12.1. The van der Waals surface area contributed by atoms with Gasteiger partial charge in [0.15, 0.2) is 11.5 Å². The first-order valence-electron chi connectivity index (χ1n) is 12.1. The molecule has 1 atom stereocenters. The number of aryl methyl sites for hydroxylation is 1. The van der Waals surface area contributed by atoms with E-state index >= 15 is 0 Å². The largest absolute Gasteiger partial charge is 0.475 e. The molecule has 37 heavy (non-hydrogen) atoms. The molecule has 2 aromatic heterocycles. The van der Waals surface area contributed by atoms with Crippen molar-refractivity contribution < 1.29 is 23.1 Å². The summed E-state index contributed by atoms with van der Waals surface area (Å²) in [7, 11) is 0. The van der Waals surface area contributed by atoms with Gasteiger partial charge in [0.1, 0.15) is 11.3 Å². The van der Waals surface area contributed by atoms with Gasteiger partial charge in [-0.3, -0.25) is 0 Å². The molecule has 0 aliphatic heterocycles. The third kappa shape index (κ3) is 5.00. The highest BCUT2D eigenvalue weighted by Crippen LogP contribution is 2.34. The van der Waals surface area contributed by atoms with Crippen molar-refractivity contribution in [1.29, 1.82) is 0 Å². The van der Waals surface area contributed by atoms with Crippen LogP contribution in [0.2, 0.25) is 0 Å². The number of fused-ring (bicyclic) bond motifs is 1. The number of anilines is 1. The Hall–Kier alpha value is -3.95. The van der Waals surface area contributed by atoms with Gasteiger partial charge in [-0.15, -0.1) is 0 Å². The van der Waals surface area contributed by atoms with Crippen LogP contribution >= 0.6 is 0 Å². The van der Waals surface area contributed by atoms with Crippen molar-refractivity contribution in [3.05, 3.63) is 71.0 Å². The van der Waals surface area contributed by atoms with Crippen LogP contribution in [0.25, 0.3) is 22.6 Å². The highest BCUT2D eigenvalue weighted by molar-refractivity contribution is 5.92. The van der Waals surface area contributed by atoms with E-state index in [0.29, 0.717) is 28.6 Å². The second kappa shape index (κ2) is 9.49. The Morgan fingerprint density at radius 2 is 1.86 bits per heavy atom. The zero-order valence-corrected chi connectivity index (χ0v) is 20.4. The van der Waals surface area contributed by atoms with Crippen LogP contribution in [0.5, 0.6) is 0 Å². The Bertz CT molecular complexity index is 1460. The first kappa shape index (κ1) is 24.7. The van der Waals surface area contributed by atoms with Gasteiger partial charge in [0.25, 0.3) is 0 Å². The summed E-state index contributed by atoms with van der Waals surface area (Å²) in [6.45, 7) is 4.18. The number of hydrogen-bond acceptors (Lipinski definition) is 5. The number of nitrogens with zero attached hydrogens (tertiary/aromatic N) is 4. The number of benzene rings is 2. The standard InChI is InChI=1S/C27H26F3N5O2/c1-15-5-3-8-19(13-15)25-34-23-21(35(25)14-17-9-11-20(12-10-17)27(28,29)30)22(32-24(33-23)26(36)37)31-16(2)18-6-4-7-18/h3,5,8-13,16,18H,4,6-7,14H2,1-2H3,(H,36,37)(H,31,32,33). The van der Waals surface area contributed by atoms with Crippen LogP contribution in [-0.4, -0.2) is 36.6 Å². The van der Waals surface area contributed by atoms with Crippen molar-refractivity contribution in [2.45, 2.75) is 51.9 Å². The van der Waals surface area contributed by atoms with Crippen molar-refractivity contribution in [3.8, 4) is 11.4 Å². The van der Waals surface area contributed by atoms with Gasteiger partial charge in [-0.25, -0.2) is 19.7 Å². The lowest BCUT2D eigenvalue weighted by atomic mass is 9.80. The molecule has 192 valence electrons. The molecule has 7 nitrogen and oxygen atoms in total. The zero-order chi connectivity index (χ0) is 26.3. The molecule has 2 heterocycles. The van der Waals surface area contributed by atoms with Crippen LogP contribution in [0.3, 0.4) is 0 Å². The summed E-state index contributed by atoms with van der Waals surface area (Å²) in [6, 6.07) is 12.7. The van der Waals surface area contributed by atoms with E-state index in [4.69, 9.17) is 4.98 Å². The third-order valence-electron chi connectivity index (χ3n) is 6.91. The predicted molar refractivity (Wildman–Crippen MR) is 133 cm³/mol. The molecule has 0 radical (unpaired) electrons. The lowest BCUT2D eigenvalue weighted by molar-refractivity contribution is -0.137. The monoisotopic (exact) mass is 509 g/mol. The van der Waals surface area contributed by atoms with Crippen LogP contribution < -0.4 is 5.32 Å². The Kier molecular flexibility index (Phi) is 6.35. The summed E-state index contributed by atoms with van der Waals surface area (Å²) in [5.74, 6) is -0.322. The average molecular weight is 510 g/mol. The molecule has 1 aliphatic rings. The Morgan fingerprint density at radius 1 is 1.14 bits per heavy atom. The average Bonchev–Trinajstić information content (AvgIpc) is 3.16. The molecule has 1 saturated carbocycles. The maximum absolute atomic E-state index is 13.1. The van der Waals surface area contributed by atoms with Gasteiger partial charge in [0.2, 0.25) is 5.82 Å². The zero-order valence-electron chi connectivity index (χ0n) is 20.4. The van der Waals surface area contributed by atoms with E-state index in [1.54, 1.807) is 0 Å². The molecule has 1 fully saturated rings. The number of carboxylic acids is 1. The number of hydrogen-bond donors (Lipinski definition) is 2. The minimum Gasteiger partial charge on any atom is -0.475 e. The fourth-order valence-corrected chi connectivity index (χ4v) is 4.65. The number of rotatable bonds is 7. The molecule has 0 saturated heterocycles. The number of carboxylic acid groups (broad SMARTS) is 1. The number of aromatic nitrogens is 4. The number of halogens is 3. The van der Waals surface area contributed by atoms with E-state index < -0.39 is 17.7 Å². The van der Waals surface area contributed by atoms with Crippen molar-refractivity contribution >= 4 is 23.0 Å². The van der Waals surface area contributed by atoms with E-state index in [1.807, 2.05) is 42.7 Å². The number of carbonyl (C=O) groups is 1. The highest BCUT2D eigenvalue weighted by atomic mass is 19.4.